The Bertz CT molecular complexity index is 866. The van der Waals surface area contributed by atoms with E-state index in [9.17, 15) is 9.59 Å². The molecule has 126 valence electrons. The number of carboxylic acid groups (broad SMARTS) is 1. The molecule has 0 fully saturated rings. The highest BCUT2D eigenvalue weighted by molar-refractivity contribution is 6.01. The summed E-state index contributed by atoms with van der Waals surface area (Å²) < 4.78 is 5.66. The van der Waals surface area contributed by atoms with Crippen LogP contribution in [0, 0.1) is 11.3 Å². The number of aromatic carboxylic acids is 1. The highest BCUT2D eigenvalue weighted by atomic mass is 16.5. The summed E-state index contributed by atoms with van der Waals surface area (Å²) in [5.74, 6) is -0.907. The van der Waals surface area contributed by atoms with Crippen molar-refractivity contribution in [2.75, 3.05) is 7.05 Å². The molecule has 0 spiro atoms. The molecule has 2 rings (SSSR count). The van der Waals surface area contributed by atoms with Crippen molar-refractivity contribution in [2.45, 2.75) is 6.61 Å². The lowest BCUT2D eigenvalue weighted by atomic mass is 10.1. The van der Waals surface area contributed by atoms with E-state index in [1.807, 2.05) is 6.07 Å². The number of hydrogen-bond donors (Lipinski definition) is 2. The van der Waals surface area contributed by atoms with Gasteiger partial charge in [0.1, 0.15) is 24.0 Å². The Morgan fingerprint density at radius 2 is 2.00 bits per heavy atom. The lowest BCUT2D eigenvalue weighted by Crippen LogP contribution is -2.19. The summed E-state index contributed by atoms with van der Waals surface area (Å²) in [5, 5.41) is 20.4. The van der Waals surface area contributed by atoms with E-state index in [0.717, 1.165) is 5.56 Å². The number of nitriles is 1. The van der Waals surface area contributed by atoms with Gasteiger partial charge in [-0.3, -0.25) is 4.79 Å². The molecule has 1 amide bonds. The zero-order valence-corrected chi connectivity index (χ0v) is 13.5. The van der Waals surface area contributed by atoms with E-state index in [0.29, 0.717) is 11.3 Å². The number of hydrogen-bond acceptors (Lipinski definition) is 4. The van der Waals surface area contributed by atoms with Crippen molar-refractivity contribution in [3.63, 3.8) is 0 Å². The summed E-state index contributed by atoms with van der Waals surface area (Å²) in [6, 6.07) is 15.3. The molecule has 25 heavy (non-hydrogen) atoms. The summed E-state index contributed by atoms with van der Waals surface area (Å²) in [7, 11) is 1.46. The maximum atomic E-state index is 11.5. The Labute approximate surface area is 145 Å². The Balaban J connectivity index is 2.13. The van der Waals surface area contributed by atoms with Crippen LogP contribution in [0.4, 0.5) is 0 Å². The minimum absolute atomic E-state index is 0.00573. The zero-order chi connectivity index (χ0) is 18.2. The molecule has 2 N–H and O–H groups in total. The Morgan fingerprint density at radius 1 is 1.24 bits per heavy atom. The summed E-state index contributed by atoms with van der Waals surface area (Å²) >= 11 is 0. The molecule has 0 saturated heterocycles. The minimum atomic E-state index is -0.993. The fourth-order valence-corrected chi connectivity index (χ4v) is 2.10. The first kappa shape index (κ1) is 17.8. The number of carboxylic acids is 1. The fraction of sp³-hybridized carbons (Fsp3) is 0.105. The Kier molecular flexibility index (Phi) is 5.91. The molecule has 2 aromatic carbocycles. The van der Waals surface area contributed by atoms with Crippen LogP contribution in [0.15, 0.2) is 54.1 Å². The Morgan fingerprint density at radius 3 is 2.68 bits per heavy atom. The fourth-order valence-electron chi connectivity index (χ4n) is 2.10. The predicted octanol–water partition coefficient (Wildman–Crippen LogP) is 2.62. The van der Waals surface area contributed by atoms with Crippen LogP contribution in [0.2, 0.25) is 0 Å². The molecule has 6 nitrogen and oxygen atoms in total. The van der Waals surface area contributed by atoms with Crippen molar-refractivity contribution in [1.29, 1.82) is 5.26 Å². The maximum Gasteiger partial charge on any atom is 0.335 e. The maximum absolute atomic E-state index is 11.5. The highest BCUT2D eigenvalue weighted by Gasteiger charge is 2.07. The van der Waals surface area contributed by atoms with Crippen molar-refractivity contribution in [2.24, 2.45) is 0 Å². The third-order valence-corrected chi connectivity index (χ3v) is 3.34. The van der Waals surface area contributed by atoms with Gasteiger partial charge in [-0.1, -0.05) is 24.3 Å². The normalized spacial score (nSPS) is 10.6. The second-order valence-corrected chi connectivity index (χ2v) is 5.12. The van der Waals surface area contributed by atoms with Crippen LogP contribution < -0.4 is 10.1 Å². The van der Waals surface area contributed by atoms with E-state index in [1.54, 1.807) is 42.5 Å². The molecule has 0 saturated carbocycles. The zero-order valence-electron chi connectivity index (χ0n) is 13.5. The first-order valence-electron chi connectivity index (χ1n) is 7.42. The van der Waals surface area contributed by atoms with Gasteiger partial charge in [-0.05, 0) is 41.5 Å². The molecule has 0 aliphatic rings. The van der Waals surface area contributed by atoms with Gasteiger partial charge in [0.05, 0.1) is 5.56 Å². The smallest absolute Gasteiger partial charge is 0.335 e. The third-order valence-electron chi connectivity index (χ3n) is 3.34. The van der Waals surface area contributed by atoms with Crippen molar-refractivity contribution in [1.82, 2.24) is 5.32 Å². The molecule has 2 aromatic rings. The summed E-state index contributed by atoms with van der Waals surface area (Å²) in [5.41, 5.74) is 1.57. The quantitative estimate of drug-likeness (QED) is 0.624. The van der Waals surface area contributed by atoms with Crippen LogP contribution in [0.5, 0.6) is 5.75 Å². The topological polar surface area (TPSA) is 99.4 Å². The number of nitrogens with one attached hydrogen (secondary N) is 1. The van der Waals surface area contributed by atoms with Gasteiger partial charge < -0.3 is 15.2 Å². The van der Waals surface area contributed by atoms with Crippen LogP contribution >= 0.6 is 0 Å². The summed E-state index contributed by atoms with van der Waals surface area (Å²) in [6.45, 7) is 0.203. The molecular weight excluding hydrogens is 320 g/mol. The van der Waals surface area contributed by atoms with Gasteiger partial charge >= 0.3 is 5.97 Å². The number of ether oxygens (including phenoxy) is 1. The Hall–Kier alpha value is -3.59. The first-order chi connectivity index (χ1) is 12.0. The number of amides is 1. The van der Waals surface area contributed by atoms with Gasteiger partial charge in [0, 0.05) is 7.05 Å². The summed E-state index contributed by atoms with van der Waals surface area (Å²) in [6.07, 6.45) is 1.47. The molecule has 0 aromatic heterocycles. The SMILES string of the molecule is CNC(=O)/C(C#N)=C\c1cccc(OCc2cccc(C(=O)O)c2)c1. The minimum Gasteiger partial charge on any atom is -0.489 e. The molecule has 0 radical (unpaired) electrons. The third kappa shape index (κ3) is 4.94. The number of benzene rings is 2. The molecule has 6 heteroatoms. The van der Waals surface area contributed by atoms with E-state index < -0.39 is 11.9 Å². The predicted molar refractivity (Wildman–Crippen MR) is 91.8 cm³/mol. The van der Waals surface area contributed by atoms with Crippen LogP contribution in [-0.4, -0.2) is 24.0 Å². The van der Waals surface area contributed by atoms with Gasteiger partial charge in [0.25, 0.3) is 5.91 Å². The van der Waals surface area contributed by atoms with E-state index in [-0.39, 0.29) is 17.7 Å². The molecule has 0 heterocycles. The van der Waals surface area contributed by atoms with Crippen molar-refractivity contribution >= 4 is 18.0 Å². The number of likely N-dealkylation sites (N-methyl/N-ethyl adjacent to an activating group) is 1. The van der Waals surface area contributed by atoms with Gasteiger partial charge in [-0.15, -0.1) is 0 Å². The van der Waals surface area contributed by atoms with Crippen LogP contribution in [-0.2, 0) is 11.4 Å². The van der Waals surface area contributed by atoms with Crippen molar-refractivity contribution in [3.05, 3.63) is 70.8 Å². The van der Waals surface area contributed by atoms with Gasteiger partial charge in [-0.25, -0.2) is 4.79 Å². The molecule has 0 bridgehead atoms. The van der Waals surface area contributed by atoms with Crippen molar-refractivity contribution in [3.8, 4) is 11.8 Å². The van der Waals surface area contributed by atoms with Crippen LogP contribution in [0.1, 0.15) is 21.5 Å². The number of carbonyl (C=O) groups excluding carboxylic acids is 1. The molecular formula is C19H16N2O4. The lowest BCUT2D eigenvalue weighted by Gasteiger charge is -2.08. The average Bonchev–Trinajstić information content (AvgIpc) is 2.64. The molecule has 0 unspecified atom stereocenters. The van der Waals surface area contributed by atoms with Crippen molar-refractivity contribution < 1.29 is 19.4 Å². The lowest BCUT2D eigenvalue weighted by molar-refractivity contribution is -0.116. The molecule has 0 aliphatic carbocycles. The van der Waals surface area contributed by atoms with Gasteiger partial charge in [0.2, 0.25) is 0 Å². The summed E-state index contributed by atoms with van der Waals surface area (Å²) in [4.78, 5) is 22.5. The molecule has 0 atom stereocenters. The number of carbonyl (C=O) groups is 2. The second kappa shape index (κ2) is 8.31. The largest absolute Gasteiger partial charge is 0.489 e. The van der Waals surface area contributed by atoms with Gasteiger partial charge in [0.15, 0.2) is 0 Å². The van der Waals surface area contributed by atoms with E-state index in [1.165, 1.54) is 19.2 Å². The molecule has 0 aliphatic heterocycles. The number of rotatable bonds is 6. The standard InChI is InChI=1S/C19H16N2O4/c1-21-18(22)16(11-20)8-13-4-3-7-17(10-13)25-12-14-5-2-6-15(9-14)19(23)24/h2-10H,12H2,1H3,(H,21,22)(H,23,24)/b16-8-. The van der Waals surface area contributed by atoms with E-state index in [4.69, 9.17) is 15.1 Å². The number of nitrogens with zero attached hydrogens (tertiary/aromatic N) is 1. The van der Waals surface area contributed by atoms with Crippen LogP contribution in [0.25, 0.3) is 6.08 Å². The van der Waals surface area contributed by atoms with E-state index >= 15 is 0 Å². The second-order valence-electron chi connectivity index (χ2n) is 5.12. The van der Waals surface area contributed by atoms with Crippen LogP contribution in [0.3, 0.4) is 0 Å². The first-order valence-corrected chi connectivity index (χ1v) is 7.42. The monoisotopic (exact) mass is 336 g/mol. The average molecular weight is 336 g/mol. The van der Waals surface area contributed by atoms with Gasteiger partial charge in [-0.2, -0.15) is 5.26 Å². The van der Waals surface area contributed by atoms with E-state index in [2.05, 4.69) is 5.32 Å². The highest BCUT2D eigenvalue weighted by Crippen LogP contribution is 2.18.